The third-order valence-corrected chi connectivity index (χ3v) is 6.07. The van der Waals surface area contributed by atoms with Gasteiger partial charge in [0.2, 0.25) is 11.8 Å². The molecule has 2 atom stereocenters. The lowest BCUT2D eigenvalue weighted by molar-refractivity contribution is -0.121. The third-order valence-electron chi connectivity index (χ3n) is 6.07. The first-order chi connectivity index (χ1) is 17.8. The van der Waals surface area contributed by atoms with Crippen molar-refractivity contribution in [3.8, 4) is 28.7 Å². The van der Waals surface area contributed by atoms with E-state index in [1.807, 2.05) is 0 Å². The van der Waals surface area contributed by atoms with Crippen LogP contribution >= 0.6 is 0 Å². The Kier molecular flexibility index (Phi) is 7.52. The fourth-order valence-electron chi connectivity index (χ4n) is 4.28. The fourth-order valence-corrected chi connectivity index (χ4v) is 4.28. The van der Waals surface area contributed by atoms with E-state index in [4.69, 9.17) is 19.9 Å². The van der Waals surface area contributed by atoms with E-state index in [1.54, 1.807) is 48.5 Å². The van der Waals surface area contributed by atoms with Crippen LogP contribution in [0, 0.1) is 0 Å². The summed E-state index contributed by atoms with van der Waals surface area (Å²) in [7, 11) is 2.95. The standard InChI is InChI=1S/C28H28N2O7/c1-35-21-14-18(13-20(32)15-21)26-25(28(29)34)22-11-17(12-23(36-2)27(22)37-26)5-8-24(33)30-10-9-16-3-6-19(31)7-4-16/h3-8,11-15,25-26,31-32H,9-10H2,1-2H3,(H2,29,34)(H,30,33)/b8-5+. The molecule has 9 nitrogen and oxygen atoms in total. The molecule has 3 aromatic rings. The first kappa shape index (κ1) is 25.4. The maximum absolute atomic E-state index is 12.5. The zero-order valence-corrected chi connectivity index (χ0v) is 20.4. The van der Waals surface area contributed by atoms with Crippen molar-refractivity contribution < 1.29 is 34.0 Å². The monoisotopic (exact) mass is 504 g/mol. The van der Waals surface area contributed by atoms with E-state index in [1.165, 1.54) is 32.4 Å². The van der Waals surface area contributed by atoms with Crippen LogP contribution in [0.25, 0.3) is 6.08 Å². The molecule has 0 radical (unpaired) electrons. The van der Waals surface area contributed by atoms with Crippen LogP contribution < -0.4 is 25.3 Å². The highest BCUT2D eigenvalue weighted by Gasteiger charge is 2.41. The molecule has 0 fully saturated rings. The van der Waals surface area contributed by atoms with Gasteiger partial charge in [0.1, 0.15) is 29.3 Å². The van der Waals surface area contributed by atoms with Crippen molar-refractivity contribution in [2.24, 2.45) is 5.73 Å². The summed E-state index contributed by atoms with van der Waals surface area (Å²) >= 11 is 0. The number of benzene rings is 3. The molecule has 0 bridgehead atoms. The predicted molar refractivity (Wildman–Crippen MR) is 137 cm³/mol. The number of nitrogens with two attached hydrogens (primary N) is 1. The zero-order chi connectivity index (χ0) is 26.5. The topological polar surface area (TPSA) is 140 Å². The van der Waals surface area contributed by atoms with Crippen molar-refractivity contribution in [1.82, 2.24) is 5.32 Å². The minimum atomic E-state index is -0.858. The maximum Gasteiger partial charge on any atom is 0.244 e. The Morgan fingerprint density at radius 1 is 1.03 bits per heavy atom. The summed E-state index contributed by atoms with van der Waals surface area (Å²) in [6, 6.07) is 14.8. The molecule has 9 heteroatoms. The Labute approximate surface area is 214 Å². The number of aromatic hydroxyl groups is 2. The van der Waals surface area contributed by atoms with Crippen LogP contribution in [0.15, 0.2) is 60.7 Å². The molecule has 0 aromatic heterocycles. The van der Waals surface area contributed by atoms with Gasteiger partial charge in [-0.05, 0) is 60.0 Å². The zero-order valence-electron chi connectivity index (χ0n) is 20.4. The van der Waals surface area contributed by atoms with Crippen molar-refractivity contribution in [3.63, 3.8) is 0 Å². The largest absolute Gasteiger partial charge is 0.508 e. The number of fused-ring (bicyclic) bond motifs is 1. The highest BCUT2D eigenvalue weighted by Crippen LogP contribution is 2.51. The summed E-state index contributed by atoms with van der Waals surface area (Å²) in [5, 5.41) is 22.3. The van der Waals surface area contributed by atoms with E-state index in [0.29, 0.717) is 46.9 Å². The number of rotatable bonds is 9. The van der Waals surface area contributed by atoms with E-state index >= 15 is 0 Å². The van der Waals surface area contributed by atoms with Crippen LogP contribution in [0.3, 0.4) is 0 Å². The SMILES string of the molecule is COc1cc(O)cc(C2Oc3c(OC)cc(/C=C/C(=O)NCCc4ccc(O)cc4)cc3C2C(N)=O)c1. The third kappa shape index (κ3) is 5.78. The van der Waals surface area contributed by atoms with Gasteiger partial charge in [0.15, 0.2) is 11.5 Å². The average Bonchev–Trinajstić information content (AvgIpc) is 3.27. The summed E-state index contributed by atoms with van der Waals surface area (Å²) in [6.07, 6.45) is 2.82. The Morgan fingerprint density at radius 3 is 2.46 bits per heavy atom. The molecule has 192 valence electrons. The highest BCUT2D eigenvalue weighted by atomic mass is 16.5. The molecule has 1 heterocycles. The molecular weight excluding hydrogens is 476 g/mol. The smallest absolute Gasteiger partial charge is 0.244 e. The normalized spacial score (nSPS) is 16.2. The van der Waals surface area contributed by atoms with Crippen LogP contribution in [0.5, 0.6) is 28.7 Å². The van der Waals surface area contributed by atoms with Gasteiger partial charge in [-0.25, -0.2) is 0 Å². The van der Waals surface area contributed by atoms with Gasteiger partial charge in [-0.2, -0.15) is 0 Å². The van der Waals surface area contributed by atoms with E-state index in [2.05, 4.69) is 5.32 Å². The lowest BCUT2D eigenvalue weighted by atomic mass is 9.89. The van der Waals surface area contributed by atoms with Gasteiger partial charge in [-0.1, -0.05) is 12.1 Å². The number of primary amides is 1. The fraction of sp³-hybridized carbons (Fsp3) is 0.214. The molecule has 1 aliphatic heterocycles. The first-order valence-corrected chi connectivity index (χ1v) is 11.6. The molecule has 5 N–H and O–H groups in total. The van der Waals surface area contributed by atoms with Crippen LogP contribution in [0.1, 0.15) is 34.3 Å². The first-order valence-electron chi connectivity index (χ1n) is 11.6. The van der Waals surface area contributed by atoms with Crippen molar-refractivity contribution in [3.05, 3.63) is 82.9 Å². The molecule has 0 saturated heterocycles. The second-order valence-electron chi connectivity index (χ2n) is 8.57. The highest BCUT2D eigenvalue weighted by molar-refractivity contribution is 5.92. The van der Waals surface area contributed by atoms with Gasteiger partial charge in [0.25, 0.3) is 0 Å². The second kappa shape index (κ2) is 10.9. The molecule has 0 saturated carbocycles. The van der Waals surface area contributed by atoms with Crippen LogP contribution in [-0.4, -0.2) is 42.8 Å². The summed E-state index contributed by atoms with van der Waals surface area (Å²) in [5.74, 6) is -0.444. The van der Waals surface area contributed by atoms with Crippen molar-refractivity contribution >= 4 is 17.9 Å². The Hall–Kier alpha value is -4.66. The lowest BCUT2D eigenvalue weighted by Gasteiger charge is -2.18. The Bertz CT molecular complexity index is 1340. The van der Waals surface area contributed by atoms with E-state index < -0.39 is 17.9 Å². The average molecular weight is 505 g/mol. The van der Waals surface area contributed by atoms with E-state index in [0.717, 1.165) is 5.56 Å². The lowest BCUT2D eigenvalue weighted by Crippen LogP contribution is -2.25. The molecule has 0 spiro atoms. The number of carbonyl (C=O) groups excluding carboxylic acids is 2. The molecule has 2 amide bonds. The number of nitrogens with one attached hydrogen (secondary N) is 1. The molecule has 2 unspecified atom stereocenters. The number of phenols is 2. The Balaban J connectivity index is 1.53. The van der Waals surface area contributed by atoms with Gasteiger partial charge in [-0.15, -0.1) is 0 Å². The summed E-state index contributed by atoms with van der Waals surface area (Å²) in [4.78, 5) is 24.9. The van der Waals surface area contributed by atoms with E-state index in [9.17, 15) is 19.8 Å². The van der Waals surface area contributed by atoms with Gasteiger partial charge >= 0.3 is 0 Å². The quantitative estimate of drug-likeness (QED) is 0.328. The number of carbonyl (C=O) groups is 2. The number of amides is 2. The van der Waals surface area contributed by atoms with Gasteiger partial charge < -0.3 is 35.5 Å². The number of hydrogen-bond acceptors (Lipinski definition) is 7. The van der Waals surface area contributed by atoms with Gasteiger partial charge in [-0.3, -0.25) is 9.59 Å². The Morgan fingerprint density at radius 2 is 1.78 bits per heavy atom. The molecule has 37 heavy (non-hydrogen) atoms. The van der Waals surface area contributed by atoms with Crippen molar-refractivity contribution in [2.75, 3.05) is 20.8 Å². The summed E-state index contributed by atoms with van der Waals surface area (Å²) in [5.41, 5.74) is 8.42. The van der Waals surface area contributed by atoms with E-state index in [-0.39, 0.29) is 17.4 Å². The molecule has 1 aliphatic rings. The second-order valence-corrected chi connectivity index (χ2v) is 8.57. The van der Waals surface area contributed by atoms with Gasteiger partial charge in [0.05, 0.1) is 14.2 Å². The number of methoxy groups -OCH3 is 2. The number of ether oxygens (including phenoxy) is 3. The van der Waals surface area contributed by atoms with Gasteiger partial charge in [0, 0.05) is 29.8 Å². The minimum Gasteiger partial charge on any atom is -0.508 e. The number of hydrogen-bond donors (Lipinski definition) is 4. The molecule has 3 aromatic carbocycles. The molecule has 4 rings (SSSR count). The minimum absolute atomic E-state index is 0.0378. The van der Waals surface area contributed by atoms with Crippen LogP contribution in [-0.2, 0) is 16.0 Å². The van der Waals surface area contributed by atoms with Crippen molar-refractivity contribution in [2.45, 2.75) is 18.4 Å². The predicted octanol–water partition coefficient (Wildman–Crippen LogP) is 3.19. The van der Waals surface area contributed by atoms with Crippen molar-refractivity contribution in [1.29, 1.82) is 0 Å². The van der Waals surface area contributed by atoms with Crippen LogP contribution in [0.2, 0.25) is 0 Å². The van der Waals surface area contributed by atoms with Crippen LogP contribution in [0.4, 0.5) is 0 Å². The summed E-state index contributed by atoms with van der Waals surface area (Å²) in [6.45, 7) is 0.425. The summed E-state index contributed by atoms with van der Waals surface area (Å²) < 4.78 is 16.9. The molecular formula is C28H28N2O7. The maximum atomic E-state index is 12.5. The number of phenolic OH excluding ortho intramolecular Hbond substituents is 2. The molecule has 0 aliphatic carbocycles.